The lowest BCUT2D eigenvalue weighted by Crippen LogP contribution is -2.38. The number of benzene rings is 1. The third-order valence-corrected chi connectivity index (χ3v) is 5.43. The zero-order chi connectivity index (χ0) is 14.3. The van der Waals surface area contributed by atoms with Crippen molar-refractivity contribution in [2.24, 2.45) is 0 Å². The number of para-hydroxylation sites is 1. The van der Waals surface area contributed by atoms with Gasteiger partial charge in [0.15, 0.2) is 0 Å². The second kappa shape index (κ2) is 4.70. The van der Waals surface area contributed by atoms with Crippen molar-refractivity contribution in [3.8, 4) is 11.5 Å². The Kier molecular flexibility index (Phi) is 3.50. The average Bonchev–Trinajstić information content (AvgIpc) is 2.63. The van der Waals surface area contributed by atoms with Gasteiger partial charge in [-0.15, -0.1) is 5.54 Å². The SMILES string of the molecule is C[Si](C)(C)C#Cc1c([Si](C)(C)C)oc2ccccc12. The van der Waals surface area contributed by atoms with Gasteiger partial charge in [-0.2, -0.15) is 0 Å². The monoisotopic (exact) mass is 286 g/mol. The van der Waals surface area contributed by atoms with Gasteiger partial charge in [0.1, 0.15) is 21.7 Å². The van der Waals surface area contributed by atoms with E-state index in [1.807, 2.05) is 12.1 Å². The Morgan fingerprint density at radius 1 is 0.947 bits per heavy atom. The van der Waals surface area contributed by atoms with E-state index in [4.69, 9.17) is 4.42 Å². The van der Waals surface area contributed by atoms with Crippen molar-refractivity contribution in [2.45, 2.75) is 39.3 Å². The first-order valence-electron chi connectivity index (χ1n) is 6.74. The molecule has 0 amide bonds. The molecule has 0 radical (unpaired) electrons. The Bertz CT molecular complexity index is 658. The fourth-order valence-corrected chi connectivity index (χ4v) is 3.81. The number of furan rings is 1. The van der Waals surface area contributed by atoms with E-state index in [0.29, 0.717) is 0 Å². The van der Waals surface area contributed by atoms with Gasteiger partial charge in [0.2, 0.25) is 0 Å². The summed E-state index contributed by atoms with van der Waals surface area (Å²) in [4.78, 5) is 0. The van der Waals surface area contributed by atoms with E-state index in [-0.39, 0.29) is 0 Å². The van der Waals surface area contributed by atoms with Crippen LogP contribution in [0.25, 0.3) is 11.0 Å². The predicted molar refractivity (Wildman–Crippen MR) is 89.4 cm³/mol. The molecule has 0 saturated heterocycles. The molecule has 0 aliphatic carbocycles. The van der Waals surface area contributed by atoms with E-state index >= 15 is 0 Å². The Morgan fingerprint density at radius 3 is 2.16 bits per heavy atom. The maximum Gasteiger partial charge on any atom is 0.134 e. The molecular formula is C16H22OSi2. The summed E-state index contributed by atoms with van der Waals surface area (Å²) in [6.45, 7) is 13.8. The van der Waals surface area contributed by atoms with Crippen molar-refractivity contribution in [1.82, 2.24) is 0 Å². The zero-order valence-corrected chi connectivity index (χ0v) is 14.7. The van der Waals surface area contributed by atoms with Gasteiger partial charge in [-0.1, -0.05) is 57.3 Å². The van der Waals surface area contributed by atoms with E-state index < -0.39 is 16.1 Å². The summed E-state index contributed by atoms with van der Waals surface area (Å²) in [5.41, 5.74) is 5.59. The molecule has 100 valence electrons. The Hall–Kier alpha value is -1.25. The highest BCUT2D eigenvalue weighted by Gasteiger charge is 2.26. The summed E-state index contributed by atoms with van der Waals surface area (Å²) in [7, 11) is -2.88. The van der Waals surface area contributed by atoms with Gasteiger partial charge in [0.25, 0.3) is 0 Å². The molecule has 1 heterocycles. The second-order valence-corrected chi connectivity index (χ2v) is 16.8. The smallest absolute Gasteiger partial charge is 0.134 e. The second-order valence-electron chi connectivity index (χ2n) is 7.05. The molecule has 0 unspecified atom stereocenters. The van der Waals surface area contributed by atoms with E-state index in [1.165, 1.54) is 5.39 Å². The Labute approximate surface area is 118 Å². The van der Waals surface area contributed by atoms with Crippen LogP contribution in [0.3, 0.4) is 0 Å². The van der Waals surface area contributed by atoms with Crippen molar-refractivity contribution < 1.29 is 4.42 Å². The average molecular weight is 287 g/mol. The van der Waals surface area contributed by atoms with Crippen LogP contribution >= 0.6 is 0 Å². The van der Waals surface area contributed by atoms with Crippen LogP contribution in [0.4, 0.5) is 0 Å². The largest absolute Gasteiger partial charge is 0.465 e. The lowest BCUT2D eigenvalue weighted by molar-refractivity contribution is 0.647. The van der Waals surface area contributed by atoms with E-state index in [1.54, 1.807) is 0 Å². The number of rotatable bonds is 1. The topological polar surface area (TPSA) is 13.1 Å². The third-order valence-electron chi connectivity index (χ3n) is 2.84. The molecule has 1 nitrogen and oxygen atoms in total. The summed E-state index contributed by atoms with van der Waals surface area (Å²) >= 11 is 0. The van der Waals surface area contributed by atoms with Crippen molar-refractivity contribution >= 4 is 32.5 Å². The molecule has 0 spiro atoms. The van der Waals surface area contributed by atoms with Crippen LogP contribution in [0.1, 0.15) is 5.56 Å². The highest BCUT2D eigenvalue weighted by atomic mass is 28.3. The maximum absolute atomic E-state index is 6.10. The van der Waals surface area contributed by atoms with Crippen molar-refractivity contribution in [1.29, 1.82) is 0 Å². The molecule has 0 fully saturated rings. The molecular weight excluding hydrogens is 264 g/mol. The van der Waals surface area contributed by atoms with Gasteiger partial charge in [0, 0.05) is 5.39 Å². The highest BCUT2D eigenvalue weighted by molar-refractivity contribution is 6.88. The molecule has 0 aliphatic heterocycles. The molecule has 2 rings (SSSR count). The standard InChI is InChI=1S/C16H22OSi2/c1-18(2,3)12-11-14-13-9-7-8-10-15(13)17-16(14)19(4,5)6/h7-10H,1-6H3. The van der Waals surface area contributed by atoms with Gasteiger partial charge in [0.05, 0.1) is 10.9 Å². The van der Waals surface area contributed by atoms with Gasteiger partial charge in [-0.25, -0.2) is 0 Å². The third kappa shape index (κ3) is 3.20. The zero-order valence-electron chi connectivity index (χ0n) is 12.7. The van der Waals surface area contributed by atoms with Gasteiger partial charge < -0.3 is 4.42 Å². The van der Waals surface area contributed by atoms with Crippen molar-refractivity contribution in [2.75, 3.05) is 0 Å². The number of hydrogen-bond acceptors (Lipinski definition) is 1. The van der Waals surface area contributed by atoms with Gasteiger partial charge in [-0.05, 0) is 12.1 Å². The molecule has 0 saturated carbocycles. The minimum absolute atomic E-state index is 0.972. The van der Waals surface area contributed by atoms with Gasteiger partial charge >= 0.3 is 0 Å². The van der Waals surface area contributed by atoms with Crippen molar-refractivity contribution in [3.05, 3.63) is 29.8 Å². The van der Waals surface area contributed by atoms with E-state index in [9.17, 15) is 0 Å². The molecule has 1 aromatic carbocycles. The number of hydrogen-bond donors (Lipinski definition) is 0. The lowest BCUT2D eigenvalue weighted by Gasteiger charge is -2.13. The summed E-state index contributed by atoms with van der Waals surface area (Å²) in [6.07, 6.45) is 0. The fourth-order valence-electron chi connectivity index (χ4n) is 1.95. The predicted octanol–water partition coefficient (Wildman–Crippen LogP) is 4.21. The molecule has 0 bridgehead atoms. The first kappa shape index (κ1) is 14.2. The summed E-state index contributed by atoms with van der Waals surface area (Å²) in [5, 5.41) is 2.31. The van der Waals surface area contributed by atoms with Crippen LogP contribution in [0.5, 0.6) is 0 Å². The molecule has 0 aliphatic rings. The molecule has 1 aromatic heterocycles. The van der Waals surface area contributed by atoms with Crippen molar-refractivity contribution in [3.63, 3.8) is 0 Å². The lowest BCUT2D eigenvalue weighted by atomic mass is 10.2. The first-order chi connectivity index (χ1) is 8.68. The highest BCUT2D eigenvalue weighted by Crippen LogP contribution is 2.21. The van der Waals surface area contributed by atoms with Gasteiger partial charge in [-0.3, -0.25) is 0 Å². The van der Waals surface area contributed by atoms with Crippen LogP contribution < -0.4 is 5.38 Å². The Morgan fingerprint density at radius 2 is 1.58 bits per heavy atom. The van der Waals surface area contributed by atoms with Crippen LogP contribution in [-0.2, 0) is 0 Å². The quantitative estimate of drug-likeness (QED) is 0.565. The fraction of sp³-hybridized carbons (Fsp3) is 0.375. The summed E-state index contributed by atoms with van der Waals surface area (Å²) in [6, 6.07) is 8.25. The minimum atomic E-state index is -1.51. The number of fused-ring (bicyclic) bond motifs is 1. The minimum Gasteiger partial charge on any atom is -0.465 e. The first-order valence-corrected chi connectivity index (χ1v) is 13.7. The van der Waals surface area contributed by atoms with E-state index in [0.717, 1.165) is 16.5 Å². The van der Waals surface area contributed by atoms with E-state index in [2.05, 4.69) is 62.9 Å². The van der Waals surface area contributed by atoms with Crippen LogP contribution in [0.15, 0.2) is 28.7 Å². The summed E-state index contributed by atoms with van der Waals surface area (Å²) in [5.74, 6) is 3.44. The molecule has 2 aromatic rings. The van der Waals surface area contributed by atoms with Crippen LogP contribution in [0, 0.1) is 11.5 Å². The van der Waals surface area contributed by atoms with Crippen LogP contribution in [0.2, 0.25) is 39.3 Å². The maximum atomic E-state index is 6.10. The Balaban J connectivity index is 2.71. The normalized spacial score (nSPS) is 12.3. The molecule has 0 N–H and O–H groups in total. The molecule has 0 atom stereocenters. The van der Waals surface area contributed by atoms with Crippen LogP contribution in [-0.4, -0.2) is 16.1 Å². The molecule has 19 heavy (non-hydrogen) atoms. The summed E-state index contributed by atoms with van der Waals surface area (Å²) < 4.78 is 6.10. The molecule has 3 heteroatoms.